The summed E-state index contributed by atoms with van der Waals surface area (Å²) in [5.41, 5.74) is 0.328. The SMILES string of the molecule is O=C(c1ccc(Br)nc1)N1CC(F)(F)C1. The number of alkyl halides is 2. The third-order valence-corrected chi connectivity index (χ3v) is 2.58. The molecule has 0 bridgehead atoms. The number of amides is 1. The van der Waals surface area contributed by atoms with Crippen molar-refractivity contribution in [3.05, 3.63) is 28.5 Å². The predicted octanol–water partition coefficient (Wildman–Crippen LogP) is 1.94. The highest BCUT2D eigenvalue weighted by Crippen LogP contribution is 2.27. The lowest BCUT2D eigenvalue weighted by Gasteiger charge is -2.38. The average molecular weight is 277 g/mol. The number of pyridine rings is 1. The molecule has 1 aliphatic heterocycles. The summed E-state index contributed by atoms with van der Waals surface area (Å²) >= 11 is 3.12. The van der Waals surface area contributed by atoms with E-state index in [0.29, 0.717) is 10.2 Å². The quantitative estimate of drug-likeness (QED) is 0.735. The van der Waals surface area contributed by atoms with Gasteiger partial charge in [0.1, 0.15) is 4.60 Å². The van der Waals surface area contributed by atoms with Crippen molar-refractivity contribution >= 4 is 21.8 Å². The highest BCUT2D eigenvalue weighted by molar-refractivity contribution is 9.10. The first-order chi connectivity index (χ1) is 6.98. The molecule has 0 spiro atoms. The van der Waals surface area contributed by atoms with Crippen LogP contribution in [0.4, 0.5) is 8.78 Å². The summed E-state index contributed by atoms with van der Waals surface area (Å²) in [5.74, 6) is -3.13. The first kappa shape index (κ1) is 10.5. The fourth-order valence-electron chi connectivity index (χ4n) is 1.34. The van der Waals surface area contributed by atoms with E-state index in [0.717, 1.165) is 4.90 Å². The summed E-state index contributed by atoms with van der Waals surface area (Å²) in [7, 11) is 0. The largest absolute Gasteiger partial charge is 0.326 e. The van der Waals surface area contributed by atoms with E-state index in [2.05, 4.69) is 20.9 Å². The molecule has 15 heavy (non-hydrogen) atoms. The highest BCUT2D eigenvalue weighted by Gasteiger charge is 2.46. The van der Waals surface area contributed by atoms with Crippen LogP contribution in [0.3, 0.4) is 0 Å². The Labute approximate surface area is 93.2 Å². The molecule has 6 heteroatoms. The summed E-state index contributed by atoms with van der Waals surface area (Å²) in [6.45, 7) is -0.996. The molecule has 0 N–H and O–H groups in total. The Morgan fingerprint density at radius 3 is 2.60 bits per heavy atom. The second kappa shape index (κ2) is 3.52. The van der Waals surface area contributed by atoms with Gasteiger partial charge in [-0.25, -0.2) is 13.8 Å². The Morgan fingerprint density at radius 1 is 1.47 bits per heavy atom. The average Bonchev–Trinajstić information content (AvgIpc) is 2.14. The molecule has 1 saturated heterocycles. The van der Waals surface area contributed by atoms with Gasteiger partial charge in [-0.1, -0.05) is 0 Å². The van der Waals surface area contributed by atoms with Crippen LogP contribution < -0.4 is 0 Å². The number of nitrogens with zero attached hydrogens (tertiary/aromatic N) is 2. The second-order valence-corrected chi connectivity index (χ2v) is 4.20. The van der Waals surface area contributed by atoms with Gasteiger partial charge in [-0.05, 0) is 28.1 Å². The fourth-order valence-corrected chi connectivity index (χ4v) is 1.58. The summed E-state index contributed by atoms with van der Waals surface area (Å²) in [6, 6.07) is 3.15. The molecule has 1 aliphatic rings. The maximum absolute atomic E-state index is 12.5. The molecule has 0 aromatic carbocycles. The Kier molecular flexibility index (Phi) is 2.46. The van der Waals surface area contributed by atoms with E-state index < -0.39 is 24.9 Å². The van der Waals surface area contributed by atoms with Crippen LogP contribution in [0.2, 0.25) is 0 Å². The van der Waals surface area contributed by atoms with E-state index in [1.807, 2.05) is 0 Å². The van der Waals surface area contributed by atoms with E-state index >= 15 is 0 Å². The van der Waals surface area contributed by atoms with Crippen LogP contribution in [0.1, 0.15) is 10.4 Å². The Balaban J connectivity index is 2.07. The van der Waals surface area contributed by atoms with Crippen LogP contribution in [-0.2, 0) is 0 Å². The van der Waals surface area contributed by atoms with E-state index in [9.17, 15) is 13.6 Å². The summed E-state index contributed by atoms with van der Waals surface area (Å²) in [4.78, 5) is 16.5. The number of carbonyl (C=O) groups excluding carboxylic acids is 1. The number of rotatable bonds is 1. The fraction of sp³-hybridized carbons (Fsp3) is 0.333. The topological polar surface area (TPSA) is 33.2 Å². The van der Waals surface area contributed by atoms with Crippen molar-refractivity contribution in [1.29, 1.82) is 0 Å². The van der Waals surface area contributed by atoms with Crippen molar-refractivity contribution in [2.24, 2.45) is 0 Å². The molecule has 0 aliphatic carbocycles. The van der Waals surface area contributed by atoms with Crippen LogP contribution >= 0.6 is 15.9 Å². The molecule has 2 rings (SSSR count). The third kappa shape index (κ3) is 2.14. The zero-order valence-electron chi connectivity index (χ0n) is 7.58. The van der Waals surface area contributed by atoms with Crippen molar-refractivity contribution in [1.82, 2.24) is 9.88 Å². The van der Waals surface area contributed by atoms with Crippen LogP contribution in [0.5, 0.6) is 0 Å². The van der Waals surface area contributed by atoms with Gasteiger partial charge in [0.2, 0.25) is 0 Å². The molecule has 1 amide bonds. The first-order valence-electron chi connectivity index (χ1n) is 4.27. The molecule has 0 atom stereocenters. The molecule has 0 unspecified atom stereocenters. The number of carbonyl (C=O) groups is 1. The molecule has 1 aromatic rings. The Morgan fingerprint density at radius 2 is 2.13 bits per heavy atom. The molecule has 0 saturated carbocycles. The predicted molar refractivity (Wildman–Crippen MR) is 52.8 cm³/mol. The molecular weight excluding hydrogens is 270 g/mol. The summed E-state index contributed by atoms with van der Waals surface area (Å²) in [6.07, 6.45) is 1.36. The lowest BCUT2D eigenvalue weighted by atomic mass is 10.1. The van der Waals surface area contributed by atoms with Gasteiger partial charge in [0.25, 0.3) is 11.8 Å². The van der Waals surface area contributed by atoms with Gasteiger partial charge in [0, 0.05) is 6.20 Å². The van der Waals surface area contributed by atoms with E-state index in [-0.39, 0.29) is 0 Å². The van der Waals surface area contributed by atoms with Crippen molar-refractivity contribution in [2.75, 3.05) is 13.1 Å². The van der Waals surface area contributed by atoms with Crippen LogP contribution in [-0.4, -0.2) is 34.8 Å². The van der Waals surface area contributed by atoms with Gasteiger partial charge in [-0.3, -0.25) is 4.79 Å². The zero-order chi connectivity index (χ0) is 11.1. The lowest BCUT2D eigenvalue weighted by molar-refractivity contribution is -0.113. The number of hydrogen-bond donors (Lipinski definition) is 0. The normalized spacial score (nSPS) is 18.5. The summed E-state index contributed by atoms with van der Waals surface area (Å²) in [5, 5.41) is 0. The van der Waals surface area contributed by atoms with Crippen LogP contribution in [0.25, 0.3) is 0 Å². The molecule has 2 heterocycles. The molecular formula is C9H7BrF2N2O. The lowest BCUT2D eigenvalue weighted by Crippen LogP contribution is -2.58. The Bertz CT molecular complexity index is 386. The number of likely N-dealkylation sites (tertiary alicyclic amines) is 1. The van der Waals surface area contributed by atoms with E-state index in [1.54, 1.807) is 12.1 Å². The van der Waals surface area contributed by atoms with Crippen molar-refractivity contribution in [2.45, 2.75) is 5.92 Å². The third-order valence-electron chi connectivity index (χ3n) is 2.11. The van der Waals surface area contributed by atoms with E-state index in [1.165, 1.54) is 6.20 Å². The van der Waals surface area contributed by atoms with E-state index in [4.69, 9.17) is 0 Å². The maximum Gasteiger partial charge on any atom is 0.282 e. The minimum absolute atomic E-state index is 0.328. The smallest absolute Gasteiger partial charge is 0.282 e. The van der Waals surface area contributed by atoms with Gasteiger partial charge in [-0.15, -0.1) is 0 Å². The molecule has 0 radical (unpaired) electrons. The molecule has 3 nitrogen and oxygen atoms in total. The highest BCUT2D eigenvalue weighted by atomic mass is 79.9. The maximum atomic E-state index is 12.5. The van der Waals surface area contributed by atoms with Gasteiger partial charge in [-0.2, -0.15) is 0 Å². The molecule has 1 fully saturated rings. The van der Waals surface area contributed by atoms with Gasteiger partial charge in [0.15, 0.2) is 0 Å². The van der Waals surface area contributed by atoms with Crippen LogP contribution in [0.15, 0.2) is 22.9 Å². The number of aromatic nitrogens is 1. The second-order valence-electron chi connectivity index (χ2n) is 3.39. The molecule has 80 valence electrons. The van der Waals surface area contributed by atoms with Crippen molar-refractivity contribution in [3.63, 3.8) is 0 Å². The number of hydrogen-bond acceptors (Lipinski definition) is 2. The van der Waals surface area contributed by atoms with Gasteiger partial charge < -0.3 is 4.90 Å². The van der Waals surface area contributed by atoms with Crippen molar-refractivity contribution in [3.8, 4) is 0 Å². The van der Waals surface area contributed by atoms with Crippen LogP contribution in [0, 0.1) is 0 Å². The first-order valence-corrected chi connectivity index (χ1v) is 5.06. The monoisotopic (exact) mass is 276 g/mol. The van der Waals surface area contributed by atoms with Gasteiger partial charge in [0.05, 0.1) is 18.7 Å². The van der Waals surface area contributed by atoms with Crippen molar-refractivity contribution < 1.29 is 13.6 Å². The minimum Gasteiger partial charge on any atom is -0.326 e. The Hall–Kier alpha value is -1.04. The zero-order valence-corrected chi connectivity index (χ0v) is 9.17. The summed E-state index contributed by atoms with van der Waals surface area (Å²) < 4.78 is 25.6. The minimum atomic E-state index is -2.72. The molecule has 1 aromatic heterocycles. The number of halogens is 3. The van der Waals surface area contributed by atoms with Gasteiger partial charge >= 0.3 is 0 Å². The standard InChI is InChI=1S/C9H7BrF2N2O/c10-7-2-1-6(3-13-7)8(15)14-4-9(11,12)5-14/h1-3H,4-5H2.